The lowest BCUT2D eigenvalue weighted by Gasteiger charge is -2.26. The highest BCUT2D eigenvalue weighted by Crippen LogP contribution is 2.07. The van der Waals surface area contributed by atoms with Gasteiger partial charge in [-0.2, -0.15) is 5.01 Å². The molecule has 4 atom stereocenters. The quantitative estimate of drug-likeness (QED) is 0.117. The van der Waals surface area contributed by atoms with Crippen molar-refractivity contribution < 1.29 is 44.3 Å². The Kier molecular flexibility index (Phi) is 9.07. The molecule has 0 saturated heterocycles. The van der Waals surface area contributed by atoms with Gasteiger partial charge >= 0.3 is 18.0 Å². The first-order chi connectivity index (χ1) is 11.1. The largest absolute Gasteiger partial charge is 0.481 e. The zero-order valence-corrected chi connectivity index (χ0v) is 12.4. The lowest BCUT2D eigenvalue weighted by Crippen LogP contribution is -2.55. The summed E-state index contributed by atoms with van der Waals surface area (Å²) in [4.78, 5) is 54.0. The summed E-state index contributed by atoms with van der Waals surface area (Å²) in [6, 6.07) is -2.97. The van der Waals surface area contributed by atoms with E-state index in [2.05, 4.69) is 10.0 Å². The molecule has 13 nitrogen and oxygen atoms in total. The monoisotopic (exact) mass is 351 g/mol. The molecule has 13 heteroatoms. The number of nitroso groups, excluding NO2 is 1. The molecule has 0 aliphatic heterocycles. The number of aliphatic hydroxyl groups excluding tert-OH is 3. The van der Waals surface area contributed by atoms with E-state index in [9.17, 15) is 39.4 Å². The Morgan fingerprint density at radius 3 is 2.29 bits per heavy atom. The van der Waals surface area contributed by atoms with Crippen molar-refractivity contribution in [2.45, 2.75) is 30.8 Å². The van der Waals surface area contributed by atoms with Crippen LogP contribution in [0.25, 0.3) is 0 Å². The van der Waals surface area contributed by atoms with Crippen molar-refractivity contribution in [3.05, 3.63) is 4.91 Å². The molecule has 0 radical (unpaired) electrons. The Bertz CT molecular complexity index is 485. The van der Waals surface area contributed by atoms with E-state index in [1.807, 2.05) is 5.32 Å². The van der Waals surface area contributed by atoms with Crippen LogP contribution >= 0.6 is 0 Å². The fourth-order valence-electron chi connectivity index (χ4n) is 1.34. The van der Waals surface area contributed by atoms with Crippen LogP contribution in [0.3, 0.4) is 0 Å². The molecule has 0 spiro atoms. The van der Waals surface area contributed by atoms with E-state index in [1.54, 1.807) is 0 Å². The van der Waals surface area contributed by atoms with Gasteiger partial charge in [0.2, 0.25) is 0 Å². The van der Waals surface area contributed by atoms with Gasteiger partial charge in [0, 0.05) is 7.05 Å². The smallest absolute Gasteiger partial charge is 0.340 e. The number of rotatable bonds is 10. The van der Waals surface area contributed by atoms with E-state index in [-0.39, 0.29) is 11.3 Å². The summed E-state index contributed by atoms with van der Waals surface area (Å²) in [6.07, 6.45) is -7.24. The van der Waals surface area contributed by atoms with Gasteiger partial charge in [-0.15, -0.1) is 4.91 Å². The molecule has 0 aliphatic rings. The average Bonchev–Trinajstić information content (AvgIpc) is 2.55. The highest BCUT2D eigenvalue weighted by molar-refractivity contribution is 5.78. The van der Waals surface area contributed by atoms with Crippen molar-refractivity contribution in [3.8, 4) is 0 Å². The van der Waals surface area contributed by atoms with Gasteiger partial charge in [-0.25, -0.2) is 9.59 Å². The van der Waals surface area contributed by atoms with Crippen molar-refractivity contribution in [1.82, 2.24) is 10.3 Å². The third-order valence-corrected chi connectivity index (χ3v) is 2.70. The van der Waals surface area contributed by atoms with Gasteiger partial charge in [-0.3, -0.25) is 4.79 Å². The van der Waals surface area contributed by atoms with Crippen LogP contribution < -0.4 is 5.32 Å². The number of ether oxygens (including phenoxy) is 1. The molecule has 0 aromatic carbocycles. The molecule has 0 rings (SSSR count). The van der Waals surface area contributed by atoms with Crippen LogP contribution in [0.15, 0.2) is 5.29 Å². The molecule has 0 aromatic rings. The number of hydrogen-bond acceptors (Lipinski definition) is 10. The van der Waals surface area contributed by atoms with E-state index in [4.69, 9.17) is 5.11 Å². The fraction of sp³-hybridized carbons (Fsp3) is 0.636. The first kappa shape index (κ1) is 21.4. The maximum Gasteiger partial charge on any atom is 0.340 e. The summed E-state index contributed by atoms with van der Waals surface area (Å²) >= 11 is 0. The van der Waals surface area contributed by atoms with Crippen LogP contribution in [0.5, 0.6) is 0 Å². The number of nitrogens with zero attached hydrogens (tertiary/aromatic N) is 2. The van der Waals surface area contributed by atoms with Crippen LogP contribution in [-0.2, 0) is 19.1 Å². The number of hydrogen-bond donors (Lipinski definition) is 5. The van der Waals surface area contributed by atoms with Gasteiger partial charge in [0.05, 0.1) is 11.7 Å². The van der Waals surface area contributed by atoms with Gasteiger partial charge in [0.1, 0.15) is 31.1 Å². The number of amides is 2. The minimum absolute atomic E-state index is 0.00703. The van der Waals surface area contributed by atoms with Crippen molar-refractivity contribution in [2.24, 2.45) is 5.29 Å². The van der Waals surface area contributed by atoms with Gasteiger partial charge < -0.3 is 35.3 Å². The molecule has 0 aromatic heterocycles. The number of aliphatic carboxylic acids is 1. The van der Waals surface area contributed by atoms with Crippen LogP contribution in [0, 0.1) is 4.91 Å². The summed E-state index contributed by atoms with van der Waals surface area (Å²) < 4.78 is 4.35. The minimum atomic E-state index is -2.31. The molecule has 24 heavy (non-hydrogen) atoms. The molecule has 0 unspecified atom stereocenters. The van der Waals surface area contributed by atoms with Crippen molar-refractivity contribution in [3.63, 3.8) is 0 Å². The van der Waals surface area contributed by atoms with Crippen molar-refractivity contribution in [1.29, 1.82) is 0 Å². The van der Waals surface area contributed by atoms with Gasteiger partial charge in [-0.1, -0.05) is 0 Å². The topological polar surface area (TPSA) is 203 Å². The number of carboxylic acids is 1. The molecule has 0 bridgehead atoms. The Hall–Kier alpha value is -2.64. The van der Waals surface area contributed by atoms with Crippen molar-refractivity contribution in [2.75, 3.05) is 13.7 Å². The molecule has 2 amide bonds. The molecular weight excluding hydrogens is 334 g/mol. The molecule has 0 heterocycles. The summed E-state index contributed by atoms with van der Waals surface area (Å²) in [5.74, 6) is -2.71. The predicted octanol–water partition coefficient (Wildman–Crippen LogP) is -3.02. The molecule has 5 N–H and O–H groups in total. The Morgan fingerprint density at radius 1 is 1.25 bits per heavy atom. The van der Waals surface area contributed by atoms with E-state index in [0.717, 1.165) is 7.05 Å². The average molecular weight is 351 g/mol. The molecular formula is C11H17N3O10. The Labute approximate surface area is 134 Å². The summed E-state index contributed by atoms with van der Waals surface area (Å²) in [5.41, 5.74) is 0. The first-order valence-electron chi connectivity index (χ1n) is 6.41. The third-order valence-electron chi connectivity index (χ3n) is 2.70. The highest BCUT2D eigenvalue weighted by atomic mass is 16.6. The maximum absolute atomic E-state index is 11.4. The standard InChI is InChI=1S/C11H17N3O10/c1-14(13-23)11(22)12-5(4-15)7(18)8(19)9(20)10(21)24-3-2-6(16)17/h4-5,7-9,18-20H,2-3H2,1H3,(H,12,22)(H,16,17)/t5-,7+,8-,9-/m0/s1. The zero-order chi connectivity index (χ0) is 18.9. The maximum atomic E-state index is 11.4. The van der Waals surface area contributed by atoms with Crippen LogP contribution in [0.4, 0.5) is 4.79 Å². The SMILES string of the molecule is CN(N=O)C(=O)N[C@@H](C=O)[C@@H](O)[C@H](O)[C@H](O)C(=O)OCCC(=O)O. The van der Waals surface area contributed by atoms with Crippen molar-refractivity contribution >= 4 is 24.3 Å². The number of carbonyl (C=O) groups is 4. The molecule has 0 saturated carbocycles. The van der Waals surface area contributed by atoms with E-state index >= 15 is 0 Å². The summed E-state index contributed by atoms with van der Waals surface area (Å²) in [7, 11) is 0.946. The van der Waals surface area contributed by atoms with Gasteiger partial charge in [0.25, 0.3) is 0 Å². The van der Waals surface area contributed by atoms with E-state index in [1.165, 1.54) is 0 Å². The fourth-order valence-corrected chi connectivity index (χ4v) is 1.34. The lowest BCUT2D eigenvalue weighted by atomic mass is 10.0. The zero-order valence-electron chi connectivity index (χ0n) is 12.4. The van der Waals surface area contributed by atoms with E-state index < -0.39 is 55.4 Å². The van der Waals surface area contributed by atoms with Crippen LogP contribution in [0.2, 0.25) is 0 Å². The normalized spacial score (nSPS) is 15.3. The number of carbonyl (C=O) groups excluding carboxylic acids is 3. The first-order valence-corrected chi connectivity index (χ1v) is 6.41. The number of urea groups is 1. The predicted molar refractivity (Wildman–Crippen MR) is 73.2 cm³/mol. The number of nitrogens with one attached hydrogen (secondary N) is 1. The molecule has 0 fully saturated rings. The van der Waals surface area contributed by atoms with Gasteiger partial charge in [-0.05, 0) is 0 Å². The summed E-state index contributed by atoms with van der Waals surface area (Å²) in [5, 5.41) is 41.6. The van der Waals surface area contributed by atoms with Crippen LogP contribution in [-0.4, -0.2) is 87.7 Å². The number of carboxylic acid groups (broad SMARTS) is 1. The Balaban J connectivity index is 4.73. The van der Waals surface area contributed by atoms with E-state index in [0.29, 0.717) is 0 Å². The van der Waals surface area contributed by atoms with Crippen LogP contribution in [0.1, 0.15) is 6.42 Å². The second-order valence-electron chi connectivity index (χ2n) is 4.45. The minimum Gasteiger partial charge on any atom is -0.481 e. The summed E-state index contributed by atoms with van der Waals surface area (Å²) in [6.45, 7) is -0.586. The van der Waals surface area contributed by atoms with Gasteiger partial charge in [0.15, 0.2) is 6.10 Å². The number of aliphatic hydroxyl groups is 3. The third kappa shape index (κ3) is 6.64. The number of esters is 1. The highest BCUT2D eigenvalue weighted by Gasteiger charge is 2.37. The molecule has 0 aliphatic carbocycles. The second-order valence-corrected chi connectivity index (χ2v) is 4.45. The molecule has 136 valence electrons. The number of aldehydes is 1. The second kappa shape index (κ2) is 10.2. The lowest BCUT2D eigenvalue weighted by molar-refractivity contribution is -0.166. The Morgan fingerprint density at radius 2 is 1.83 bits per heavy atom.